The van der Waals surface area contributed by atoms with Crippen LogP contribution in [0.2, 0.25) is 0 Å². The molecule has 0 atom stereocenters. The zero-order valence-corrected chi connectivity index (χ0v) is 12.4. The second kappa shape index (κ2) is 12.6. The van der Waals surface area contributed by atoms with Gasteiger partial charge in [0.2, 0.25) is 5.91 Å². The van der Waals surface area contributed by atoms with Crippen LogP contribution < -0.4 is 5.43 Å². The van der Waals surface area contributed by atoms with Crippen LogP contribution in [-0.4, -0.2) is 11.6 Å². The molecule has 0 aliphatic heterocycles. The number of hydrogen-bond donors (Lipinski definition) is 1. The standard InChI is InChI=1S/C15H30N2O/c1-4-6-8-9-10-11-13-15(18)17-16-14(3)12-7-5-2/h4-13H2,1-3H3,(H,17,18)/b16-14+. The number of hydrogen-bond acceptors (Lipinski definition) is 2. The van der Waals surface area contributed by atoms with E-state index in [9.17, 15) is 4.79 Å². The molecule has 0 spiro atoms. The fourth-order valence-corrected chi connectivity index (χ4v) is 1.77. The van der Waals surface area contributed by atoms with Gasteiger partial charge in [0.25, 0.3) is 0 Å². The number of amides is 1. The number of unbranched alkanes of at least 4 members (excludes halogenated alkanes) is 6. The molecule has 1 amide bonds. The summed E-state index contributed by atoms with van der Waals surface area (Å²) < 4.78 is 0. The second-order valence-electron chi connectivity index (χ2n) is 5.00. The van der Waals surface area contributed by atoms with Gasteiger partial charge in [-0.2, -0.15) is 5.10 Å². The van der Waals surface area contributed by atoms with Gasteiger partial charge in [0, 0.05) is 12.1 Å². The Morgan fingerprint density at radius 2 is 1.50 bits per heavy atom. The highest BCUT2D eigenvalue weighted by molar-refractivity contribution is 5.84. The van der Waals surface area contributed by atoms with Crippen molar-refractivity contribution in [3.05, 3.63) is 0 Å². The van der Waals surface area contributed by atoms with Crippen LogP contribution in [-0.2, 0) is 4.79 Å². The van der Waals surface area contributed by atoms with E-state index >= 15 is 0 Å². The maximum atomic E-state index is 11.5. The van der Waals surface area contributed by atoms with Crippen molar-refractivity contribution in [2.45, 2.75) is 85.0 Å². The monoisotopic (exact) mass is 254 g/mol. The molecular weight excluding hydrogens is 224 g/mol. The highest BCUT2D eigenvalue weighted by Crippen LogP contribution is 2.06. The Labute approximate surface area is 112 Å². The lowest BCUT2D eigenvalue weighted by molar-refractivity contribution is -0.121. The molecule has 0 bridgehead atoms. The van der Waals surface area contributed by atoms with E-state index < -0.39 is 0 Å². The van der Waals surface area contributed by atoms with Crippen LogP contribution in [0.15, 0.2) is 5.10 Å². The van der Waals surface area contributed by atoms with Crippen LogP contribution in [0.4, 0.5) is 0 Å². The lowest BCUT2D eigenvalue weighted by Crippen LogP contribution is -2.18. The van der Waals surface area contributed by atoms with Gasteiger partial charge in [-0.25, -0.2) is 5.43 Å². The summed E-state index contributed by atoms with van der Waals surface area (Å²) in [5, 5.41) is 4.11. The Morgan fingerprint density at radius 3 is 2.17 bits per heavy atom. The third-order valence-electron chi connectivity index (χ3n) is 3.02. The normalized spacial score (nSPS) is 11.6. The zero-order chi connectivity index (χ0) is 13.6. The summed E-state index contributed by atoms with van der Waals surface area (Å²) in [5.74, 6) is 0.0568. The Balaban J connectivity index is 3.47. The molecule has 106 valence electrons. The molecule has 0 aliphatic carbocycles. The summed E-state index contributed by atoms with van der Waals surface area (Å²) >= 11 is 0. The van der Waals surface area contributed by atoms with Crippen LogP contribution in [0.25, 0.3) is 0 Å². The van der Waals surface area contributed by atoms with E-state index in [1.165, 1.54) is 32.1 Å². The molecule has 0 aromatic rings. The van der Waals surface area contributed by atoms with Crippen LogP contribution >= 0.6 is 0 Å². The Bertz CT molecular complexity index is 237. The van der Waals surface area contributed by atoms with Crippen LogP contribution in [0.3, 0.4) is 0 Å². The van der Waals surface area contributed by atoms with E-state index in [-0.39, 0.29) is 5.91 Å². The first kappa shape index (κ1) is 17.1. The predicted molar refractivity (Wildman–Crippen MR) is 78.8 cm³/mol. The van der Waals surface area contributed by atoms with Crippen molar-refractivity contribution in [2.24, 2.45) is 5.10 Å². The van der Waals surface area contributed by atoms with Crippen LogP contribution in [0, 0.1) is 0 Å². The zero-order valence-electron chi connectivity index (χ0n) is 12.4. The number of hydrazone groups is 1. The van der Waals surface area contributed by atoms with Gasteiger partial charge in [0.1, 0.15) is 0 Å². The molecule has 0 aliphatic rings. The first-order valence-corrected chi connectivity index (χ1v) is 7.52. The third-order valence-corrected chi connectivity index (χ3v) is 3.02. The molecule has 0 saturated carbocycles. The van der Waals surface area contributed by atoms with Crippen molar-refractivity contribution >= 4 is 11.6 Å². The minimum atomic E-state index is 0.0568. The lowest BCUT2D eigenvalue weighted by atomic mass is 10.1. The summed E-state index contributed by atoms with van der Waals surface area (Å²) in [6.07, 6.45) is 11.2. The molecule has 3 heteroatoms. The Hall–Kier alpha value is -0.860. The number of nitrogens with zero attached hydrogens (tertiary/aromatic N) is 1. The van der Waals surface area contributed by atoms with Gasteiger partial charge >= 0.3 is 0 Å². The molecule has 0 aromatic heterocycles. The van der Waals surface area contributed by atoms with Gasteiger partial charge in [0.15, 0.2) is 0 Å². The van der Waals surface area contributed by atoms with Crippen LogP contribution in [0.5, 0.6) is 0 Å². The van der Waals surface area contributed by atoms with Gasteiger partial charge in [-0.3, -0.25) is 4.79 Å². The fourth-order valence-electron chi connectivity index (χ4n) is 1.77. The van der Waals surface area contributed by atoms with Crippen LogP contribution in [0.1, 0.15) is 85.0 Å². The molecule has 0 unspecified atom stereocenters. The number of nitrogens with one attached hydrogen (secondary N) is 1. The van der Waals surface area contributed by atoms with Crippen molar-refractivity contribution in [1.82, 2.24) is 5.43 Å². The van der Waals surface area contributed by atoms with Gasteiger partial charge in [-0.05, 0) is 26.2 Å². The summed E-state index contributed by atoms with van der Waals surface area (Å²) in [4.78, 5) is 11.5. The Morgan fingerprint density at radius 1 is 0.889 bits per heavy atom. The first-order chi connectivity index (χ1) is 8.70. The van der Waals surface area contributed by atoms with E-state index in [0.717, 1.165) is 31.4 Å². The number of rotatable bonds is 11. The third kappa shape index (κ3) is 11.6. The average Bonchev–Trinajstić information content (AvgIpc) is 2.38. The van der Waals surface area contributed by atoms with E-state index in [0.29, 0.717) is 6.42 Å². The highest BCUT2D eigenvalue weighted by atomic mass is 16.2. The van der Waals surface area contributed by atoms with E-state index in [4.69, 9.17) is 0 Å². The average molecular weight is 254 g/mol. The quantitative estimate of drug-likeness (QED) is 0.331. The number of carbonyl (C=O) groups is 1. The molecular formula is C15H30N2O. The Kier molecular flexibility index (Phi) is 12.0. The summed E-state index contributed by atoms with van der Waals surface area (Å²) in [5.41, 5.74) is 3.66. The smallest absolute Gasteiger partial charge is 0.240 e. The highest BCUT2D eigenvalue weighted by Gasteiger charge is 2.00. The molecule has 0 fully saturated rings. The van der Waals surface area contributed by atoms with Gasteiger partial charge < -0.3 is 0 Å². The molecule has 0 aromatic carbocycles. The van der Waals surface area contributed by atoms with Crippen molar-refractivity contribution in [3.8, 4) is 0 Å². The minimum Gasteiger partial charge on any atom is -0.273 e. The summed E-state index contributed by atoms with van der Waals surface area (Å²) in [6.45, 7) is 6.34. The first-order valence-electron chi connectivity index (χ1n) is 7.52. The van der Waals surface area contributed by atoms with Crippen molar-refractivity contribution in [2.75, 3.05) is 0 Å². The molecule has 3 nitrogen and oxygen atoms in total. The van der Waals surface area contributed by atoms with Gasteiger partial charge in [-0.15, -0.1) is 0 Å². The summed E-state index contributed by atoms with van der Waals surface area (Å²) in [7, 11) is 0. The molecule has 0 rings (SSSR count). The topological polar surface area (TPSA) is 41.5 Å². The van der Waals surface area contributed by atoms with Crippen molar-refractivity contribution in [1.29, 1.82) is 0 Å². The van der Waals surface area contributed by atoms with Crippen molar-refractivity contribution < 1.29 is 4.79 Å². The number of carbonyl (C=O) groups excluding carboxylic acids is 1. The van der Waals surface area contributed by atoms with E-state index in [1.807, 2.05) is 6.92 Å². The molecule has 1 N–H and O–H groups in total. The molecule has 0 saturated heterocycles. The maximum Gasteiger partial charge on any atom is 0.240 e. The fraction of sp³-hybridized carbons (Fsp3) is 0.867. The maximum absolute atomic E-state index is 11.5. The van der Waals surface area contributed by atoms with E-state index in [2.05, 4.69) is 24.4 Å². The SMILES string of the molecule is CCCCCCCCC(=O)N/N=C(\C)CCCC. The van der Waals surface area contributed by atoms with Gasteiger partial charge in [0.05, 0.1) is 0 Å². The molecule has 18 heavy (non-hydrogen) atoms. The van der Waals surface area contributed by atoms with Gasteiger partial charge in [-0.1, -0.05) is 52.4 Å². The second-order valence-corrected chi connectivity index (χ2v) is 5.00. The van der Waals surface area contributed by atoms with E-state index in [1.54, 1.807) is 0 Å². The summed E-state index contributed by atoms with van der Waals surface area (Å²) in [6, 6.07) is 0. The molecule has 0 radical (unpaired) electrons. The lowest BCUT2D eigenvalue weighted by Gasteiger charge is -2.02. The minimum absolute atomic E-state index is 0.0568. The molecule has 0 heterocycles. The largest absolute Gasteiger partial charge is 0.273 e. The predicted octanol–water partition coefficient (Wildman–Crippen LogP) is 4.42. The van der Waals surface area contributed by atoms with Crippen molar-refractivity contribution in [3.63, 3.8) is 0 Å².